The molecule has 188 valence electrons. The van der Waals surface area contributed by atoms with Crippen molar-refractivity contribution >= 4 is 29.3 Å². The van der Waals surface area contributed by atoms with E-state index in [2.05, 4.69) is 10.6 Å². The number of nitrogens with one attached hydrogen (secondary N) is 2. The Balaban J connectivity index is 1.91. The fraction of sp³-hybridized carbons (Fsp3) is 0.250. The van der Waals surface area contributed by atoms with Crippen LogP contribution in [0.5, 0.6) is 0 Å². The van der Waals surface area contributed by atoms with Crippen LogP contribution in [0.15, 0.2) is 78.9 Å². The van der Waals surface area contributed by atoms with Crippen molar-refractivity contribution in [3.63, 3.8) is 0 Å². The third-order valence-electron chi connectivity index (χ3n) is 5.03. The molecule has 0 spiro atoms. The molecule has 0 aromatic heterocycles. The van der Waals surface area contributed by atoms with Gasteiger partial charge in [0.1, 0.15) is 11.4 Å². The van der Waals surface area contributed by atoms with Crippen LogP contribution in [0.3, 0.4) is 0 Å². The molecule has 2 N–H and O–H groups in total. The molecular weight excluding hydrogens is 461 g/mol. The topological polar surface area (TPSA) is 87.7 Å². The molecule has 3 amide bonds. The van der Waals surface area contributed by atoms with Gasteiger partial charge in [-0.25, -0.2) is 14.0 Å². The predicted molar refractivity (Wildman–Crippen MR) is 137 cm³/mol. The molecule has 0 aliphatic carbocycles. The lowest BCUT2D eigenvalue weighted by Crippen LogP contribution is -2.46. The predicted octanol–water partition coefficient (Wildman–Crippen LogP) is 5.37. The van der Waals surface area contributed by atoms with Crippen LogP contribution in [-0.4, -0.2) is 30.1 Å². The van der Waals surface area contributed by atoms with E-state index in [4.69, 9.17) is 4.74 Å². The smallest absolute Gasteiger partial charge is 0.334 e. The first kappa shape index (κ1) is 26.4. The second-order valence-electron chi connectivity index (χ2n) is 9.27. The molecule has 3 aromatic carbocycles. The lowest BCUT2D eigenvalue weighted by atomic mass is 10.0. The Morgan fingerprint density at radius 2 is 1.64 bits per heavy atom. The maximum Gasteiger partial charge on any atom is 0.334 e. The molecule has 8 heteroatoms. The highest BCUT2D eigenvalue weighted by Gasteiger charge is 2.36. The Morgan fingerprint density at radius 3 is 2.28 bits per heavy atom. The van der Waals surface area contributed by atoms with Crippen LogP contribution in [0.1, 0.15) is 37.9 Å². The van der Waals surface area contributed by atoms with E-state index in [1.54, 1.807) is 75.4 Å². The molecule has 0 radical (unpaired) electrons. The van der Waals surface area contributed by atoms with Gasteiger partial charge in [0.2, 0.25) is 5.91 Å². The van der Waals surface area contributed by atoms with Gasteiger partial charge in [-0.15, -0.1) is 0 Å². The van der Waals surface area contributed by atoms with Gasteiger partial charge < -0.3 is 15.4 Å². The zero-order chi connectivity index (χ0) is 26.3. The molecule has 3 rings (SSSR count). The van der Waals surface area contributed by atoms with Crippen LogP contribution in [0, 0.1) is 12.7 Å². The van der Waals surface area contributed by atoms with Crippen LogP contribution in [0.25, 0.3) is 0 Å². The number of esters is 1. The van der Waals surface area contributed by atoms with E-state index >= 15 is 0 Å². The number of urea groups is 1. The highest BCUT2D eigenvalue weighted by Crippen LogP contribution is 2.30. The molecule has 0 fully saturated rings. The number of carbonyl (C=O) groups is 3. The van der Waals surface area contributed by atoms with Crippen LogP contribution < -0.4 is 15.5 Å². The first-order valence-corrected chi connectivity index (χ1v) is 11.5. The number of anilines is 2. The minimum atomic E-state index is -1.28. The third kappa shape index (κ3) is 7.40. The summed E-state index contributed by atoms with van der Waals surface area (Å²) in [6.07, 6.45) is 0. The number of benzene rings is 3. The zero-order valence-electron chi connectivity index (χ0n) is 20.7. The van der Waals surface area contributed by atoms with E-state index in [1.807, 2.05) is 13.0 Å². The molecule has 36 heavy (non-hydrogen) atoms. The second-order valence-corrected chi connectivity index (χ2v) is 9.27. The maximum atomic E-state index is 14.2. The number of hydrogen-bond donors (Lipinski definition) is 2. The summed E-state index contributed by atoms with van der Waals surface area (Å²) in [5.41, 5.74) is 1.33. The van der Waals surface area contributed by atoms with E-state index in [0.717, 1.165) is 5.56 Å². The van der Waals surface area contributed by atoms with Gasteiger partial charge in [0.05, 0.1) is 6.54 Å². The second kappa shape index (κ2) is 11.5. The van der Waals surface area contributed by atoms with Crippen molar-refractivity contribution in [1.82, 2.24) is 5.32 Å². The van der Waals surface area contributed by atoms with Crippen molar-refractivity contribution in [3.05, 3.63) is 95.8 Å². The van der Waals surface area contributed by atoms with Crippen LogP contribution >= 0.6 is 0 Å². The average molecular weight is 492 g/mol. The summed E-state index contributed by atoms with van der Waals surface area (Å²) >= 11 is 0. The molecule has 0 bridgehead atoms. The number of para-hydroxylation sites is 1. The number of carbonyl (C=O) groups excluding carboxylic acids is 3. The van der Waals surface area contributed by atoms with Crippen molar-refractivity contribution in [3.8, 4) is 0 Å². The maximum absolute atomic E-state index is 14.2. The standard InChI is InChI=1S/C28H30FN3O4/c1-19-10-8-13-22(16-19)31-27(35)30-18-24(33)32(23-14-6-5-7-15-23)25(26(34)36-28(2,3)4)20-11-9-12-21(29)17-20/h5-17,25H,18H2,1-4H3,(H2,30,31,35). The summed E-state index contributed by atoms with van der Waals surface area (Å²) in [5.74, 6) is -1.87. The minimum absolute atomic E-state index is 0.241. The van der Waals surface area contributed by atoms with Gasteiger partial charge in [-0.2, -0.15) is 0 Å². The SMILES string of the molecule is Cc1cccc(NC(=O)NCC(=O)N(c2ccccc2)C(C(=O)OC(C)(C)C)c2cccc(F)c2)c1. The van der Waals surface area contributed by atoms with E-state index in [-0.39, 0.29) is 5.56 Å². The quantitative estimate of drug-likeness (QED) is 0.435. The van der Waals surface area contributed by atoms with Gasteiger partial charge in [0.25, 0.3) is 0 Å². The highest BCUT2D eigenvalue weighted by atomic mass is 19.1. The molecule has 0 saturated heterocycles. The van der Waals surface area contributed by atoms with Gasteiger partial charge in [-0.1, -0.05) is 42.5 Å². The molecule has 0 aliphatic heterocycles. The molecule has 0 heterocycles. The molecular formula is C28H30FN3O4. The van der Waals surface area contributed by atoms with Gasteiger partial charge in [-0.3, -0.25) is 9.69 Å². The van der Waals surface area contributed by atoms with Gasteiger partial charge in [0, 0.05) is 11.4 Å². The number of halogens is 1. The number of ether oxygens (including phenoxy) is 1. The fourth-order valence-electron chi connectivity index (χ4n) is 3.59. The Bertz CT molecular complexity index is 1220. The van der Waals surface area contributed by atoms with Gasteiger partial charge >= 0.3 is 12.0 Å². The van der Waals surface area contributed by atoms with E-state index in [0.29, 0.717) is 11.4 Å². The molecule has 7 nitrogen and oxygen atoms in total. The fourth-order valence-corrected chi connectivity index (χ4v) is 3.59. The summed E-state index contributed by atoms with van der Waals surface area (Å²) < 4.78 is 19.8. The van der Waals surface area contributed by atoms with E-state index in [1.165, 1.54) is 23.1 Å². The van der Waals surface area contributed by atoms with Crippen molar-refractivity contribution in [2.24, 2.45) is 0 Å². The van der Waals surface area contributed by atoms with Gasteiger partial charge in [-0.05, 0) is 75.2 Å². The summed E-state index contributed by atoms with van der Waals surface area (Å²) in [4.78, 5) is 40.5. The summed E-state index contributed by atoms with van der Waals surface area (Å²) in [5, 5.41) is 5.22. The number of nitrogens with zero attached hydrogens (tertiary/aromatic N) is 1. The molecule has 0 saturated carbocycles. The molecule has 0 aliphatic rings. The molecule has 3 aromatic rings. The highest BCUT2D eigenvalue weighted by molar-refractivity contribution is 6.03. The normalized spacial score (nSPS) is 11.8. The lowest BCUT2D eigenvalue weighted by Gasteiger charge is -2.33. The first-order chi connectivity index (χ1) is 17.0. The average Bonchev–Trinajstić information content (AvgIpc) is 2.80. The third-order valence-corrected chi connectivity index (χ3v) is 5.03. The zero-order valence-corrected chi connectivity index (χ0v) is 20.7. The number of amides is 3. The number of aryl methyl sites for hydroxylation is 1. The molecule has 1 atom stereocenters. The first-order valence-electron chi connectivity index (χ1n) is 11.5. The Morgan fingerprint density at radius 1 is 0.944 bits per heavy atom. The van der Waals surface area contributed by atoms with E-state index < -0.39 is 41.9 Å². The Labute approximate surface area is 210 Å². The Kier molecular flexibility index (Phi) is 8.42. The number of hydrogen-bond acceptors (Lipinski definition) is 4. The largest absolute Gasteiger partial charge is 0.458 e. The minimum Gasteiger partial charge on any atom is -0.458 e. The summed E-state index contributed by atoms with van der Waals surface area (Å²) in [6.45, 7) is 6.60. The summed E-state index contributed by atoms with van der Waals surface area (Å²) in [7, 11) is 0. The monoisotopic (exact) mass is 491 g/mol. The van der Waals surface area contributed by atoms with Crippen molar-refractivity contribution < 1.29 is 23.5 Å². The number of rotatable bonds is 7. The van der Waals surface area contributed by atoms with Crippen molar-refractivity contribution in [2.75, 3.05) is 16.8 Å². The van der Waals surface area contributed by atoms with Crippen LogP contribution in [0.2, 0.25) is 0 Å². The Hall–Kier alpha value is -4.20. The van der Waals surface area contributed by atoms with Crippen molar-refractivity contribution in [1.29, 1.82) is 0 Å². The van der Waals surface area contributed by atoms with Crippen LogP contribution in [-0.2, 0) is 14.3 Å². The van der Waals surface area contributed by atoms with Gasteiger partial charge in [0.15, 0.2) is 6.04 Å². The van der Waals surface area contributed by atoms with E-state index in [9.17, 15) is 18.8 Å². The van der Waals surface area contributed by atoms with Crippen LogP contribution in [0.4, 0.5) is 20.6 Å². The molecule has 1 unspecified atom stereocenters. The van der Waals surface area contributed by atoms with Crippen molar-refractivity contribution in [2.45, 2.75) is 39.3 Å². The summed E-state index contributed by atoms with van der Waals surface area (Å²) in [6, 6.07) is 19.3. The lowest BCUT2D eigenvalue weighted by molar-refractivity contribution is -0.157.